The van der Waals surface area contributed by atoms with Gasteiger partial charge in [0.05, 0.1) is 0 Å². The highest BCUT2D eigenvalue weighted by molar-refractivity contribution is 5.74. The zero-order valence-electron chi connectivity index (χ0n) is 8.40. The molecule has 0 spiro atoms. The molecule has 0 unspecified atom stereocenters. The summed E-state index contributed by atoms with van der Waals surface area (Å²) in [4.78, 5) is 10.7. The van der Waals surface area contributed by atoms with E-state index >= 15 is 0 Å². The summed E-state index contributed by atoms with van der Waals surface area (Å²) in [5.74, 6) is -1.12. The third-order valence-corrected chi connectivity index (χ3v) is 2.39. The van der Waals surface area contributed by atoms with Gasteiger partial charge in [-0.3, -0.25) is 4.79 Å². The Balaban J connectivity index is 2.89. The lowest BCUT2D eigenvalue weighted by molar-refractivity contribution is -0.139. The Bertz CT molecular complexity index is 336. The third-order valence-electron chi connectivity index (χ3n) is 2.39. The average molecular weight is 193 g/mol. The fourth-order valence-electron chi connectivity index (χ4n) is 1.37. The van der Waals surface area contributed by atoms with Crippen molar-refractivity contribution < 1.29 is 9.90 Å². The molecule has 1 aromatic rings. The Morgan fingerprint density at radius 1 is 1.50 bits per heavy atom. The van der Waals surface area contributed by atoms with Gasteiger partial charge in [-0.15, -0.1) is 0 Å². The zero-order chi connectivity index (χ0) is 10.7. The Labute approximate surface area is 83.6 Å². The second-order valence-corrected chi connectivity index (χ2v) is 3.57. The maximum absolute atomic E-state index is 10.7. The van der Waals surface area contributed by atoms with Crippen molar-refractivity contribution in [2.24, 2.45) is 5.73 Å². The molecule has 0 aliphatic rings. The first kappa shape index (κ1) is 10.7. The van der Waals surface area contributed by atoms with Crippen molar-refractivity contribution in [3.63, 3.8) is 0 Å². The molecule has 3 nitrogen and oxygen atoms in total. The van der Waals surface area contributed by atoms with E-state index in [1.54, 1.807) is 0 Å². The highest BCUT2D eigenvalue weighted by Gasteiger charge is 2.21. The van der Waals surface area contributed by atoms with Crippen LogP contribution in [-0.2, 0) is 4.79 Å². The summed E-state index contributed by atoms with van der Waals surface area (Å²) in [5, 5.41) is 8.76. The smallest absolute Gasteiger partial charge is 0.321 e. The molecule has 3 heteroatoms. The van der Waals surface area contributed by atoms with Gasteiger partial charge in [0, 0.05) is 5.92 Å². The number of hydrogen-bond acceptors (Lipinski definition) is 2. The van der Waals surface area contributed by atoms with Gasteiger partial charge in [-0.25, -0.2) is 0 Å². The van der Waals surface area contributed by atoms with Crippen molar-refractivity contribution >= 4 is 5.97 Å². The third kappa shape index (κ3) is 2.33. The molecule has 0 saturated carbocycles. The van der Waals surface area contributed by atoms with Crippen molar-refractivity contribution in [1.29, 1.82) is 0 Å². The van der Waals surface area contributed by atoms with E-state index in [-0.39, 0.29) is 5.92 Å². The topological polar surface area (TPSA) is 63.3 Å². The maximum Gasteiger partial charge on any atom is 0.321 e. The van der Waals surface area contributed by atoms with Gasteiger partial charge in [0.1, 0.15) is 6.04 Å². The number of benzene rings is 1. The Hall–Kier alpha value is -1.35. The van der Waals surface area contributed by atoms with Gasteiger partial charge < -0.3 is 10.8 Å². The fourth-order valence-corrected chi connectivity index (χ4v) is 1.37. The van der Waals surface area contributed by atoms with Crippen molar-refractivity contribution in [2.45, 2.75) is 25.8 Å². The second-order valence-electron chi connectivity index (χ2n) is 3.57. The van der Waals surface area contributed by atoms with E-state index in [0.29, 0.717) is 0 Å². The largest absolute Gasteiger partial charge is 0.480 e. The zero-order valence-corrected chi connectivity index (χ0v) is 8.40. The normalized spacial score (nSPS) is 14.8. The van der Waals surface area contributed by atoms with Crippen LogP contribution in [0.15, 0.2) is 24.3 Å². The maximum atomic E-state index is 10.7. The highest BCUT2D eigenvalue weighted by Crippen LogP contribution is 2.19. The van der Waals surface area contributed by atoms with Gasteiger partial charge in [0.25, 0.3) is 0 Å². The molecule has 0 bridgehead atoms. The molecule has 0 saturated heterocycles. The first-order valence-electron chi connectivity index (χ1n) is 4.57. The predicted molar refractivity (Wildman–Crippen MR) is 55.2 cm³/mol. The molecule has 0 aliphatic heterocycles. The molecule has 76 valence electrons. The molecule has 0 aromatic heterocycles. The summed E-state index contributed by atoms with van der Waals surface area (Å²) >= 11 is 0. The van der Waals surface area contributed by atoms with Crippen molar-refractivity contribution in [3.05, 3.63) is 35.4 Å². The first-order valence-corrected chi connectivity index (χ1v) is 4.57. The first-order chi connectivity index (χ1) is 6.52. The van der Waals surface area contributed by atoms with E-state index in [4.69, 9.17) is 10.8 Å². The molecular weight excluding hydrogens is 178 g/mol. The number of hydrogen-bond donors (Lipinski definition) is 2. The molecule has 0 radical (unpaired) electrons. The van der Waals surface area contributed by atoms with Crippen LogP contribution < -0.4 is 5.73 Å². The number of aryl methyl sites for hydroxylation is 1. The van der Waals surface area contributed by atoms with Crippen molar-refractivity contribution in [1.82, 2.24) is 0 Å². The molecule has 0 fully saturated rings. The van der Waals surface area contributed by atoms with Crippen LogP contribution in [0.3, 0.4) is 0 Å². The molecule has 0 aliphatic carbocycles. The van der Waals surface area contributed by atoms with Crippen LogP contribution in [0.1, 0.15) is 24.0 Å². The number of nitrogens with two attached hydrogens (primary N) is 1. The van der Waals surface area contributed by atoms with Gasteiger partial charge in [-0.05, 0) is 12.5 Å². The van der Waals surface area contributed by atoms with Crippen molar-refractivity contribution in [3.8, 4) is 0 Å². The van der Waals surface area contributed by atoms with Gasteiger partial charge in [-0.2, -0.15) is 0 Å². The highest BCUT2D eigenvalue weighted by atomic mass is 16.4. The minimum absolute atomic E-state index is 0.160. The van der Waals surface area contributed by atoms with E-state index in [1.807, 2.05) is 38.1 Å². The fraction of sp³-hybridized carbons (Fsp3) is 0.364. The Morgan fingerprint density at radius 2 is 2.14 bits per heavy atom. The molecule has 1 aromatic carbocycles. The quantitative estimate of drug-likeness (QED) is 0.764. The minimum Gasteiger partial charge on any atom is -0.480 e. The number of rotatable bonds is 3. The van der Waals surface area contributed by atoms with Gasteiger partial charge >= 0.3 is 5.97 Å². The van der Waals surface area contributed by atoms with E-state index in [0.717, 1.165) is 11.1 Å². The molecule has 2 atom stereocenters. The molecule has 1 rings (SSSR count). The summed E-state index contributed by atoms with van der Waals surface area (Å²) in [6, 6.07) is 6.92. The van der Waals surface area contributed by atoms with Crippen LogP contribution in [0.4, 0.5) is 0 Å². The van der Waals surface area contributed by atoms with E-state index in [9.17, 15) is 4.79 Å². The summed E-state index contributed by atoms with van der Waals surface area (Å²) in [6.07, 6.45) is 0. The van der Waals surface area contributed by atoms with E-state index in [2.05, 4.69) is 0 Å². The molecule has 0 amide bonds. The average Bonchev–Trinajstić information content (AvgIpc) is 2.15. The molecule has 0 heterocycles. The molecule has 3 N–H and O–H groups in total. The van der Waals surface area contributed by atoms with Crippen LogP contribution in [0.2, 0.25) is 0 Å². The van der Waals surface area contributed by atoms with Gasteiger partial charge in [-0.1, -0.05) is 36.8 Å². The van der Waals surface area contributed by atoms with Crippen LogP contribution in [-0.4, -0.2) is 17.1 Å². The van der Waals surface area contributed by atoms with Crippen LogP contribution in [0.5, 0.6) is 0 Å². The summed E-state index contributed by atoms with van der Waals surface area (Å²) < 4.78 is 0. The Kier molecular flexibility index (Phi) is 3.25. The monoisotopic (exact) mass is 193 g/mol. The number of carboxylic acid groups (broad SMARTS) is 1. The lowest BCUT2D eigenvalue weighted by Crippen LogP contribution is -2.35. The lowest BCUT2D eigenvalue weighted by atomic mass is 9.93. The molecular formula is C11H15NO2. The second kappa shape index (κ2) is 4.24. The summed E-state index contributed by atoms with van der Waals surface area (Å²) in [7, 11) is 0. The lowest BCUT2D eigenvalue weighted by Gasteiger charge is -2.16. The van der Waals surface area contributed by atoms with Crippen molar-refractivity contribution in [2.75, 3.05) is 0 Å². The van der Waals surface area contributed by atoms with Crippen LogP contribution >= 0.6 is 0 Å². The summed E-state index contributed by atoms with van der Waals surface area (Å²) in [5.41, 5.74) is 7.63. The number of aliphatic carboxylic acids is 1. The number of carboxylic acids is 1. The molecule has 14 heavy (non-hydrogen) atoms. The minimum atomic E-state index is -0.959. The number of carbonyl (C=O) groups is 1. The summed E-state index contributed by atoms with van der Waals surface area (Å²) in [6.45, 7) is 3.80. The standard InChI is InChI=1S/C11H15NO2/c1-7-4-3-5-9(6-7)8(2)10(12)11(13)14/h3-6,8,10H,12H2,1-2H3,(H,13,14)/t8-,10-/m0/s1. The van der Waals surface area contributed by atoms with Gasteiger partial charge in [0.15, 0.2) is 0 Å². The predicted octanol–water partition coefficient (Wildman–Crippen LogP) is 1.51. The van der Waals surface area contributed by atoms with Gasteiger partial charge in [0.2, 0.25) is 0 Å². The van der Waals surface area contributed by atoms with E-state index in [1.165, 1.54) is 0 Å². The SMILES string of the molecule is Cc1cccc([C@H](C)[C@H](N)C(=O)O)c1. The van der Waals surface area contributed by atoms with Crippen LogP contribution in [0.25, 0.3) is 0 Å². The van der Waals surface area contributed by atoms with Crippen LogP contribution in [0, 0.1) is 6.92 Å². The van der Waals surface area contributed by atoms with E-state index < -0.39 is 12.0 Å². The Morgan fingerprint density at radius 3 is 2.64 bits per heavy atom.